The number of amides is 2. The third-order valence-electron chi connectivity index (χ3n) is 6.20. The van der Waals surface area contributed by atoms with Gasteiger partial charge in [0.1, 0.15) is 11.8 Å². The highest BCUT2D eigenvalue weighted by atomic mass is 32.2. The maximum Gasteiger partial charge on any atom is 0.242 e. The summed E-state index contributed by atoms with van der Waals surface area (Å²) in [5.74, 6) is 2.34. The second-order valence-corrected chi connectivity index (χ2v) is 9.78. The molecule has 2 aromatic rings. The molecule has 1 N–H and O–H groups in total. The lowest BCUT2D eigenvalue weighted by atomic mass is 9.95. The quantitative estimate of drug-likeness (QED) is 0.462. The molecule has 3 rings (SSSR count). The van der Waals surface area contributed by atoms with Gasteiger partial charge in [0, 0.05) is 30.5 Å². The minimum atomic E-state index is -0.513. The Balaban J connectivity index is 1.61. The van der Waals surface area contributed by atoms with Crippen molar-refractivity contribution in [2.75, 3.05) is 12.9 Å². The fourth-order valence-electron chi connectivity index (χ4n) is 4.15. The summed E-state index contributed by atoms with van der Waals surface area (Å²) >= 11 is 1.75. The molecule has 1 atom stereocenters. The highest BCUT2D eigenvalue weighted by molar-refractivity contribution is 7.98. The average Bonchev–Trinajstić information content (AvgIpc) is 2.86. The number of thioether (sulfide) groups is 1. The number of nitrogens with zero attached hydrogens (tertiary/aromatic N) is 1. The van der Waals surface area contributed by atoms with E-state index in [0.717, 1.165) is 48.5 Å². The standard InChI is InChI=1S/C27H36N2O3S/c1-21(27(31)28-24-11-7-4-8-12-24)29(19-22-13-15-25(32-2)16-14-22)26(30)17-18-33-20-23-9-5-3-6-10-23/h3,5-6,9-10,13-16,21,24H,4,7-8,11-12,17-20H2,1-2H3,(H,28,31). The molecule has 5 nitrogen and oxygen atoms in total. The number of methoxy groups -OCH3 is 1. The van der Waals surface area contributed by atoms with Crippen LogP contribution in [0.3, 0.4) is 0 Å². The normalized spacial score (nSPS) is 15.0. The van der Waals surface area contributed by atoms with Crippen molar-refractivity contribution in [2.45, 2.75) is 69.8 Å². The largest absolute Gasteiger partial charge is 0.497 e. The zero-order valence-corrected chi connectivity index (χ0v) is 20.6. The van der Waals surface area contributed by atoms with Crippen LogP contribution in [0.4, 0.5) is 0 Å². The number of hydrogen-bond donors (Lipinski definition) is 1. The molecule has 0 aliphatic heterocycles. The Hall–Kier alpha value is -2.47. The molecule has 0 spiro atoms. The Morgan fingerprint density at radius 2 is 1.73 bits per heavy atom. The van der Waals surface area contributed by atoms with Gasteiger partial charge in [-0.25, -0.2) is 0 Å². The monoisotopic (exact) mass is 468 g/mol. The first kappa shape index (κ1) is 25.2. The van der Waals surface area contributed by atoms with E-state index in [-0.39, 0.29) is 17.9 Å². The zero-order valence-electron chi connectivity index (χ0n) is 19.8. The number of rotatable bonds is 11. The fourth-order valence-corrected chi connectivity index (χ4v) is 5.04. The highest BCUT2D eigenvalue weighted by Gasteiger charge is 2.27. The Morgan fingerprint density at radius 1 is 1.03 bits per heavy atom. The Morgan fingerprint density at radius 3 is 2.39 bits per heavy atom. The van der Waals surface area contributed by atoms with Crippen LogP contribution in [-0.4, -0.2) is 41.7 Å². The van der Waals surface area contributed by atoms with E-state index in [2.05, 4.69) is 17.4 Å². The lowest BCUT2D eigenvalue weighted by Crippen LogP contribution is -2.50. The molecule has 0 aromatic heterocycles. The molecule has 0 radical (unpaired) electrons. The molecular weight excluding hydrogens is 432 g/mol. The smallest absolute Gasteiger partial charge is 0.242 e. The predicted molar refractivity (Wildman–Crippen MR) is 135 cm³/mol. The van der Waals surface area contributed by atoms with Crippen molar-refractivity contribution in [3.05, 3.63) is 65.7 Å². The molecule has 2 amide bonds. The molecule has 1 unspecified atom stereocenters. The third kappa shape index (κ3) is 8.11. The fraction of sp³-hybridized carbons (Fsp3) is 0.481. The zero-order chi connectivity index (χ0) is 23.5. The molecule has 1 aliphatic rings. The van der Waals surface area contributed by atoms with Crippen molar-refractivity contribution in [1.29, 1.82) is 0 Å². The van der Waals surface area contributed by atoms with E-state index in [1.54, 1.807) is 23.8 Å². The summed E-state index contributed by atoms with van der Waals surface area (Å²) in [4.78, 5) is 28.0. The molecule has 6 heteroatoms. The van der Waals surface area contributed by atoms with Crippen LogP contribution >= 0.6 is 11.8 Å². The van der Waals surface area contributed by atoms with Crippen molar-refractivity contribution in [2.24, 2.45) is 0 Å². The molecule has 0 bridgehead atoms. The van der Waals surface area contributed by atoms with Crippen molar-refractivity contribution >= 4 is 23.6 Å². The molecular formula is C27H36N2O3S. The van der Waals surface area contributed by atoms with Crippen molar-refractivity contribution in [3.8, 4) is 5.75 Å². The topological polar surface area (TPSA) is 58.6 Å². The van der Waals surface area contributed by atoms with Crippen LogP contribution in [-0.2, 0) is 21.9 Å². The van der Waals surface area contributed by atoms with Crippen molar-refractivity contribution in [1.82, 2.24) is 10.2 Å². The summed E-state index contributed by atoms with van der Waals surface area (Å²) in [6, 6.07) is 17.7. The van der Waals surface area contributed by atoms with E-state index in [1.165, 1.54) is 12.0 Å². The van der Waals surface area contributed by atoms with Crippen LogP contribution in [0.25, 0.3) is 0 Å². The maximum absolute atomic E-state index is 13.2. The van der Waals surface area contributed by atoms with Crippen LogP contribution in [0.5, 0.6) is 5.75 Å². The molecule has 2 aromatic carbocycles. The van der Waals surface area contributed by atoms with Gasteiger partial charge in [-0.05, 0) is 43.0 Å². The molecule has 178 valence electrons. The molecule has 33 heavy (non-hydrogen) atoms. The van der Waals surface area contributed by atoms with E-state index >= 15 is 0 Å². The average molecular weight is 469 g/mol. The van der Waals surface area contributed by atoms with E-state index in [1.807, 2.05) is 49.4 Å². The Bertz CT molecular complexity index is 867. The lowest BCUT2D eigenvalue weighted by molar-refractivity contribution is -0.140. The van der Waals surface area contributed by atoms with Gasteiger partial charge in [0.25, 0.3) is 0 Å². The van der Waals surface area contributed by atoms with Gasteiger partial charge in [-0.15, -0.1) is 0 Å². The van der Waals surface area contributed by atoms with Gasteiger partial charge in [-0.1, -0.05) is 61.7 Å². The summed E-state index contributed by atoms with van der Waals surface area (Å²) in [7, 11) is 1.63. The molecule has 1 saturated carbocycles. The minimum absolute atomic E-state index is 0.0117. The lowest BCUT2D eigenvalue weighted by Gasteiger charge is -2.31. The molecule has 0 saturated heterocycles. The van der Waals surface area contributed by atoms with Gasteiger partial charge in [0.05, 0.1) is 7.11 Å². The SMILES string of the molecule is COc1ccc(CN(C(=O)CCSCc2ccccc2)C(C)C(=O)NC2CCCCC2)cc1. The summed E-state index contributed by atoms with van der Waals surface area (Å²) in [5, 5.41) is 3.19. The van der Waals surface area contributed by atoms with Crippen LogP contribution in [0.15, 0.2) is 54.6 Å². The number of carbonyl (C=O) groups excluding carboxylic acids is 2. The highest BCUT2D eigenvalue weighted by Crippen LogP contribution is 2.20. The second kappa shape index (κ2) is 13.3. The van der Waals surface area contributed by atoms with Crippen LogP contribution in [0.1, 0.15) is 56.6 Å². The molecule has 1 aliphatic carbocycles. The summed E-state index contributed by atoms with van der Waals surface area (Å²) in [6.45, 7) is 2.25. The van der Waals surface area contributed by atoms with E-state index in [9.17, 15) is 9.59 Å². The van der Waals surface area contributed by atoms with Crippen LogP contribution in [0, 0.1) is 0 Å². The van der Waals surface area contributed by atoms with Gasteiger partial charge in [-0.2, -0.15) is 11.8 Å². The Labute approximate surface area is 202 Å². The van der Waals surface area contributed by atoms with Crippen molar-refractivity contribution < 1.29 is 14.3 Å². The van der Waals surface area contributed by atoms with E-state index in [4.69, 9.17) is 4.74 Å². The van der Waals surface area contributed by atoms with Crippen LogP contribution in [0.2, 0.25) is 0 Å². The van der Waals surface area contributed by atoms with Gasteiger partial charge in [0.15, 0.2) is 0 Å². The second-order valence-electron chi connectivity index (χ2n) is 8.68. The summed E-state index contributed by atoms with van der Waals surface area (Å²) in [6.07, 6.45) is 6.03. The minimum Gasteiger partial charge on any atom is -0.497 e. The van der Waals surface area contributed by atoms with Crippen LogP contribution < -0.4 is 10.1 Å². The number of nitrogens with one attached hydrogen (secondary N) is 1. The third-order valence-corrected chi connectivity index (χ3v) is 7.23. The van der Waals surface area contributed by atoms with Gasteiger partial charge >= 0.3 is 0 Å². The maximum atomic E-state index is 13.2. The number of carbonyl (C=O) groups is 2. The first-order chi connectivity index (χ1) is 16.1. The summed E-state index contributed by atoms with van der Waals surface area (Å²) in [5.41, 5.74) is 2.24. The van der Waals surface area contributed by atoms with Gasteiger partial charge < -0.3 is 15.0 Å². The molecule has 1 fully saturated rings. The number of ether oxygens (including phenoxy) is 1. The van der Waals surface area contributed by atoms with Gasteiger partial charge in [0.2, 0.25) is 11.8 Å². The van der Waals surface area contributed by atoms with E-state index < -0.39 is 6.04 Å². The first-order valence-electron chi connectivity index (χ1n) is 11.9. The Kier molecular flexibility index (Phi) is 10.1. The van der Waals surface area contributed by atoms with Gasteiger partial charge in [-0.3, -0.25) is 9.59 Å². The molecule has 0 heterocycles. The van der Waals surface area contributed by atoms with Crippen molar-refractivity contribution in [3.63, 3.8) is 0 Å². The summed E-state index contributed by atoms with van der Waals surface area (Å²) < 4.78 is 5.25. The number of hydrogen-bond acceptors (Lipinski definition) is 4. The van der Waals surface area contributed by atoms with E-state index in [0.29, 0.717) is 13.0 Å². The number of benzene rings is 2. The first-order valence-corrected chi connectivity index (χ1v) is 13.1. The predicted octanol–water partition coefficient (Wildman–Crippen LogP) is 5.18.